The molecule has 0 amide bonds. The van der Waals surface area contributed by atoms with Crippen molar-refractivity contribution in [3.05, 3.63) is 29.6 Å². The van der Waals surface area contributed by atoms with Gasteiger partial charge in [-0.1, -0.05) is 12.1 Å². The summed E-state index contributed by atoms with van der Waals surface area (Å²) in [7, 11) is 0. The number of piperidine rings is 1. The summed E-state index contributed by atoms with van der Waals surface area (Å²) in [6.45, 7) is 4.69. The molecule has 1 N–H and O–H groups in total. The van der Waals surface area contributed by atoms with E-state index in [4.69, 9.17) is 0 Å². The number of rotatable bonds is 2. The van der Waals surface area contributed by atoms with Crippen molar-refractivity contribution >= 4 is 5.69 Å². The number of anilines is 1. The third-order valence-corrected chi connectivity index (χ3v) is 3.56. The summed E-state index contributed by atoms with van der Waals surface area (Å²) < 4.78 is 14.0. The van der Waals surface area contributed by atoms with E-state index in [-0.39, 0.29) is 5.82 Å². The molecule has 94 valence electrons. The van der Waals surface area contributed by atoms with E-state index < -0.39 is 6.10 Å². The monoisotopic (exact) mass is 237 g/mol. The van der Waals surface area contributed by atoms with Gasteiger partial charge in [0.05, 0.1) is 11.8 Å². The number of hydrogen-bond donors (Lipinski definition) is 1. The van der Waals surface area contributed by atoms with Gasteiger partial charge in [0.1, 0.15) is 5.82 Å². The highest BCUT2D eigenvalue weighted by atomic mass is 19.1. The molecule has 2 atom stereocenters. The third kappa shape index (κ3) is 2.44. The maximum atomic E-state index is 14.0. The Hall–Kier alpha value is -1.09. The number of benzene rings is 1. The second kappa shape index (κ2) is 5.05. The zero-order chi connectivity index (χ0) is 12.4. The zero-order valence-electron chi connectivity index (χ0n) is 10.5. The minimum Gasteiger partial charge on any atom is -0.389 e. The Labute approximate surface area is 102 Å². The van der Waals surface area contributed by atoms with Gasteiger partial charge in [0.15, 0.2) is 0 Å². The first-order valence-electron chi connectivity index (χ1n) is 6.34. The van der Waals surface area contributed by atoms with Gasteiger partial charge in [0.25, 0.3) is 0 Å². The second-order valence-electron chi connectivity index (χ2n) is 4.89. The van der Waals surface area contributed by atoms with Crippen molar-refractivity contribution in [3.63, 3.8) is 0 Å². The van der Waals surface area contributed by atoms with Gasteiger partial charge in [-0.3, -0.25) is 0 Å². The molecular formula is C14H20FNO. The highest BCUT2D eigenvalue weighted by Gasteiger charge is 2.24. The summed E-state index contributed by atoms with van der Waals surface area (Å²) in [5.74, 6) is -0.225. The van der Waals surface area contributed by atoms with Gasteiger partial charge in [-0.15, -0.1) is 0 Å². The van der Waals surface area contributed by atoms with Crippen LogP contribution in [0, 0.1) is 5.82 Å². The van der Waals surface area contributed by atoms with Gasteiger partial charge < -0.3 is 10.0 Å². The van der Waals surface area contributed by atoms with E-state index in [2.05, 4.69) is 11.8 Å². The highest BCUT2D eigenvalue weighted by Crippen LogP contribution is 2.33. The maximum absolute atomic E-state index is 14.0. The van der Waals surface area contributed by atoms with Gasteiger partial charge in [-0.2, -0.15) is 0 Å². The molecule has 2 rings (SSSR count). The van der Waals surface area contributed by atoms with Crippen molar-refractivity contribution in [1.82, 2.24) is 0 Å². The van der Waals surface area contributed by atoms with Gasteiger partial charge >= 0.3 is 0 Å². The number of halogens is 1. The predicted molar refractivity (Wildman–Crippen MR) is 67.7 cm³/mol. The van der Waals surface area contributed by atoms with Crippen LogP contribution >= 0.6 is 0 Å². The van der Waals surface area contributed by atoms with E-state index in [9.17, 15) is 9.50 Å². The van der Waals surface area contributed by atoms with E-state index in [0.29, 0.717) is 17.3 Å². The Morgan fingerprint density at radius 2 is 2.18 bits per heavy atom. The molecule has 0 saturated carbocycles. The van der Waals surface area contributed by atoms with Crippen molar-refractivity contribution in [2.45, 2.75) is 45.3 Å². The third-order valence-electron chi connectivity index (χ3n) is 3.56. The Morgan fingerprint density at radius 1 is 1.41 bits per heavy atom. The first kappa shape index (κ1) is 12.4. The van der Waals surface area contributed by atoms with Crippen LogP contribution in [0.3, 0.4) is 0 Å². The van der Waals surface area contributed by atoms with Crippen LogP contribution in [-0.2, 0) is 0 Å². The Morgan fingerprint density at radius 3 is 2.82 bits per heavy atom. The van der Waals surface area contributed by atoms with E-state index >= 15 is 0 Å². The van der Waals surface area contributed by atoms with Crippen LogP contribution in [0.15, 0.2) is 18.2 Å². The zero-order valence-corrected chi connectivity index (χ0v) is 10.5. The average molecular weight is 237 g/mol. The lowest BCUT2D eigenvalue weighted by Crippen LogP contribution is -2.38. The summed E-state index contributed by atoms with van der Waals surface area (Å²) in [6, 6.07) is 5.29. The SMILES string of the molecule is CC1CCCCN1c1c(F)cccc1[C@H](C)O. The van der Waals surface area contributed by atoms with Crippen molar-refractivity contribution in [2.75, 3.05) is 11.4 Å². The van der Waals surface area contributed by atoms with E-state index in [1.807, 2.05) is 6.07 Å². The van der Waals surface area contributed by atoms with Gasteiger partial charge in [-0.05, 0) is 39.2 Å². The molecule has 1 aliphatic rings. The largest absolute Gasteiger partial charge is 0.389 e. The number of aliphatic hydroxyl groups is 1. The van der Waals surface area contributed by atoms with Crippen LogP contribution in [0.2, 0.25) is 0 Å². The minimum atomic E-state index is -0.630. The highest BCUT2D eigenvalue weighted by molar-refractivity contribution is 5.56. The van der Waals surface area contributed by atoms with Gasteiger partial charge in [0, 0.05) is 18.2 Å². The molecule has 2 nitrogen and oxygen atoms in total. The molecule has 1 fully saturated rings. The lowest BCUT2D eigenvalue weighted by Gasteiger charge is -2.37. The fraction of sp³-hybridized carbons (Fsp3) is 0.571. The summed E-state index contributed by atoms with van der Waals surface area (Å²) in [5, 5.41) is 9.75. The van der Waals surface area contributed by atoms with Crippen LogP contribution in [0.4, 0.5) is 10.1 Å². The second-order valence-corrected chi connectivity index (χ2v) is 4.89. The smallest absolute Gasteiger partial charge is 0.146 e. The van der Waals surface area contributed by atoms with Gasteiger partial charge in [-0.25, -0.2) is 4.39 Å². The average Bonchev–Trinajstić information content (AvgIpc) is 2.30. The number of nitrogens with zero attached hydrogens (tertiary/aromatic N) is 1. The van der Waals surface area contributed by atoms with E-state index in [1.54, 1.807) is 13.0 Å². The predicted octanol–water partition coefficient (Wildman–Crippen LogP) is 3.26. The number of hydrogen-bond acceptors (Lipinski definition) is 2. The molecule has 0 spiro atoms. The molecule has 3 heteroatoms. The summed E-state index contributed by atoms with van der Waals surface area (Å²) in [5.41, 5.74) is 1.29. The Balaban J connectivity index is 2.41. The lowest BCUT2D eigenvalue weighted by molar-refractivity contribution is 0.199. The fourth-order valence-corrected chi connectivity index (χ4v) is 2.60. The molecule has 0 radical (unpaired) electrons. The number of para-hydroxylation sites is 1. The first-order chi connectivity index (χ1) is 8.11. The summed E-state index contributed by atoms with van der Waals surface area (Å²) in [4.78, 5) is 2.10. The van der Waals surface area contributed by atoms with Crippen molar-refractivity contribution in [3.8, 4) is 0 Å². The van der Waals surface area contributed by atoms with Crippen LogP contribution in [0.5, 0.6) is 0 Å². The molecule has 0 aliphatic carbocycles. The van der Waals surface area contributed by atoms with E-state index in [0.717, 1.165) is 19.4 Å². The molecule has 1 unspecified atom stereocenters. The molecule has 1 aliphatic heterocycles. The van der Waals surface area contributed by atoms with Crippen molar-refractivity contribution in [2.24, 2.45) is 0 Å². The van der Waals surface area contributed by atoms with Crippen LogP contribution in [-0.4, -0.2) is 17.7 Å². The Bertz CT molecular complexity index is 392. The molecule has 1 heterocycles. The van der Waals surface area contributed by atoms with Crippen LogP contribution < -0.4 is 4.90 Å². The molecule has 1 aromatic carbocycles. The quantitative estimate of drug-likeness (QED) is 0.853. The lowest BCUT2D eigenvalue weighted by atomic mass is 9.99. The topological polar surface area (TPSA) is 23.5 Å². The first-order valence-corrected chi connectivity index (χ1v) is 6.34. The summed E-state index contributed by atoms with van der Waals surface area (Å²) >= 11 is 0. The minimum absolute atomic E-state index is 0.225. The van der Waals surface area contributed by atoms with Crippen LogP contribution in [0.1, 0.15) is 44.8 Å². The number of aliphatic hydroxyl groups excluding tert-OH is 1. The molecular weight excluding hydrogens is 217 g/mol. The molecule has 0 bridgehead atoms. The van der Waals surface area contributed by atoms with E-state index in [1.165, 1.54) is 12.5 Å². The molecule has 0 aromatic heterocycles. The molecule has 1 saturated heterocycles. The fourth-order valence-electron chi connectivity index (χ4n) is 2.60. The van der Waals surface area contributed by atoms with Crippen molar-refractivity contribution < 1.29 is 9.50 Å². The standard InChI is InChI=1S/C14H20FNO/c1-10-6-3-4-9-16(10)14-12(11(2)17)7-5-8-13(14)15/h5,7-8,10-11,17H,3-4,6,9H2,1-2H3/t10?,11-/m0/s1. The normalized spacial score (nSPS) is 22.6. The molecule has 17 heavy (non-hydrogen) atoms. The maximum Gasteiger partial charge on any atom is 0.146 e. The Kier molecular flexibility index (Phi) is 3.67. The molecule has 1 aromatic rings. The van der Waals surface area contributed by atoms with Crippen molar-refractivity contribution in [1.29, 1.82) is 0 Å². The van der Waals surface area contributed by atoms with Crippen LogP contribution in [0.25, 0.3) is 0 Å². The summed E-state index contributed by atoms with van der Waals surface area (Å²) in [6.07, 6.45) is 2.76. The van der Waals surface area contributed by atoms with Gasteiger partial charge in [0.2, 0.25) is 0 Å².